The van der Waals surface area contributed by atoms with Crippen LogP contribution in [0.3, 0.4) is 0 Å². The minimum absolute atomic E-state index is 0.119. The Morgan fingerprint density at radius 2 is 2.00 bits per heavy atom. The number of rotatable bonds is 8. The number of methoxy groups -OCH3 is 2. The van der Waals surface area contributed by atoms with Crippen LogP contribution in [0.25, 0.3) is 0 Å². The maximum absolute atomic E-state index is 13.7. The highest BCUT2D eigenvalue weighted by atomic mass is 32.2. The van der Waals surface area contributed by atoms with Crippen molar-refractivity contribution in [2.24, 2.45) is 11.8 Å². The highest BCUT2D eigenvalue weighted by molar-refractivity contribution is 7.99. The fourth-order valence-electron chi connectivity index (χ4n) is 4.59. The summed E-state index contributed by atoms with van der Waals surface area (Å²) in [5, 5.41) is 13.7. The van der Waals surface area contributed by atoms with Crippen LogP contribution in [-0.4, -0.2) is 55.2 Å². The van der Waals surface area contributed by atoms with Crippen molar-refractivity contribution >= 4 is 29.5 Å². The maximum atomic E-state index is 13.7. The highest BCUT2D eigenvalue weighted by Crippen LogP contribution is 2.46. The first kappa shape index (κ1) is 25.7. The Hall–Kier alpha value is -2.94. The van der Waals surface area contributed by atoms with Gasteiger partial charge in [0.15, 0.2) is 17.3 Å². The van der Waals surface area contributed by atoms with Gasteiger partial charge in [-0.1, -0.05) is 19.9 Å². The zero-order valence-electron chi connectivity index (χ0n) is 20.1. The van der Waals surface area contributed by atoms with Crippen LogP contribution in [0.15, 0.2) is 40.7 Å². The van der Waals surface area contributed by atoms with Gasteiger partial charge in [0.1, 0.15) is 12.5 Å². The van der Waals surface area contributed by atoms with Crippen molar-refractivity contribution < 1.29 is 33.7 Å². The molecule has 0 fully saturated rings. The number of allylic oxidation sites excluding steroid dienone is 3. The van der Waals surface area contributed by atoms with Gasteiger partial charge in [0.25, 0.3) is 0 Å². The average molecular weight is 490 g/mol. The number of thioether (sulfide) groups is 1. The Labute approximate surface area is 203 Å². The molecule has 1 heterocycles. The molecule has 1 aliphatic heterocycles. The zero-order valence-corrected chi connectivity index (χ0v) is 20.9. The number of phenolic OH excluding ortho intramolecular Hbond substituents is 1. The lowest BCUT2D eigenvalue weighted by atomic mass is 9.69. The molecule has 2 aliphatic rings. The molecule has 8 nitrogen and oxygen atoms in total. The molecular weight excluding hydrogens is 458 g/mol. The van der Waals surface area contributed by atoms with E-state index in [0.717, 1.165) is 5.75 Å². The van der Waals surface area contributed by atoms with E-state index >= 15 is 0 Å². The van der Waals surface area contributed by atoms with E-state index in [4.69, 9.17) is 14.2 Å². The van der Waals surface area contributed by atoms with Gasteiger partial charge < -0.3 is 24.6 Å². The molecule has 0 bridgehead atoms. The third-order valence-corrected chi connectivity index (χ3v) is 7.03. The van der Waals surface area contributed by atoms with E-state index < -0.39 is 29.6 Å². The molecule has 9 heteroatoms. The minimum atomic E-state index is -0.975. The molecule has 2 N–H and O–H groups in total. The minimum Gasteiger partial charge on any atom is -0.504 e. The lowest BCUT2D eigenvalue weighted by Crippen LogP contribution is -2.43. The summed E-state index contributed by atoms with van der Waals surface area (Å²) in [5.41, 5.74) is 2.35. The monoisotopic (exact) mass is 489 g/mol. The Bertz CT molecular complexity index is 1050. The van der Waals surface area contributed by atoms with Gasteiger partial charge >= 0.3 is 11.9 Å². The fourth-order valence-corrected chi connectivity index (χ4v) is 5.08. The van der Waals surface area contributed by atoms with Crippen LogP contribution in [0.2, 0.25) is 0 Å². The predicted molar refractivity (Wildman–Crippen MR) is 129 cm³/mol. The molecule has 184 valence electrons. The summed E-state index contributed by atoms with van der Waals surface area (Å²) in [4.78, 5) is 39.4. The summed E-state index contributed by atoms with van der Waals surface area (Å²) in [6.45, 7) is 5.85. The van der Waals surface area contributed by atoms with Gasteiger partial charge in [-0.3, -0.25) is 9.59 Å². The lowest BCUT2D eigenvalue weighted by Gasteiger charge is -2.38. The van der Waals surface area contributed by atoms with E-state index in [2.05, 4.69) is 5.32 Å². The molecule has 0 aromatic heterocycles. The van der Waals surface area contributed by atoms with Gasteiger partial charge in [-0.2, -0.15) is 11.8 Å². The number of hydrogen-bond donors (Lipinski definition) is 2. The molecule has 0 radical (unpaired) electrons. The molecular formula is C25H31NO7S. The van der Waals surface area contributed by atoms with Crippen LogP contribution in [0, 0.1) is 11.8 Å². The highest BCUT2D eigenvalue weighted by Gasteiger charge is 2.47. The van der Waals surface area contributed by atoms with E-state index in [-0.39, 0.29) is 29.6 Å². The Kier molecular flexibility index (Phi) is 8.30. The molecule has 0 saturated heterocycles. The van der Waals surface area contributed by atoms with Crippen LogP contribution in [-0.2, 0) is 23.9 Å². The number of benzene rings is 1. The third kappa shape index (κ3) is 4.94. The number of dihydropyridines is 1. The number of carbonyl (C=O) groups excluding carboxylic acids is 3. The number of ether oxygens (including phenoxy) is 3. The molecule has 1 aromatic carbocycles. The van der Waals surface area contributed by atoms with Crippen molar-refractivity contribution in [1.29, 1.82) is 0 Å². The van der Waals surface area contributed by atoms with E-state index in [9.17, 15) is 19.5 Å². The molecule has 3 atom stereocenters. The lowest BCUT2D eigenvalue weighted by molar-refractivity contribution is -0.151. The standard InChI is InChI=1S/C25H31NO7S/c1-6-34-10-9-33-25(30)20-14(3)26-16-11-13(2)19(24(29)32-5)23(28)22(16)21(20)15-7-8-18(31-4)17(27)12-15/h7-8,12-13,19,21,26-27H,6,9-11H2,1-5H3/t13-,19+,21+/m0/s1. The molecule has 0 saturated carbocycles. The first-order valence-electron chi connectivity index (χ1n) is 11.2. The second-order valence-corrected chi connectivity index (χ2v) is 9.69. The maximum Gasteiger partial charge on any atom is 0.336 e. The van der Waals surface area contributed by atoms with Crippen LogP contribution < -0.4 is 10.1 Å². The normalized spacial score (nSPS) is 22.1. The largest absolute Gasteiger partial charge is 0.504 e. The Balaban J connectivity index is 2.11. The number of phenols is 1. The van der Waals surface area contributed by atoms with Crippen molar-refractivity contribution in [3.8, 4) is 11.5 Å². The van der Waals surface area contributed by atoms with Gasteiger partial charge in [-0.15, -0.1) is 0 Å². The summed E-state index contributed by atoms with van der Waals surface area (Å²) in [5.74, 6) is -1.89. The van der Waals surface area contributed by atoms with E-state index in [1.165, 1.54) is 20.3 Å². The summed E-state index contributed by atoms with van der Waals surface area (Å²) in [6.07, 6.45) is 0.437. The Morgan fingerprint density at radius 1 is 1.26 bits per heavy atom. The van der Waals surface area contributed by atoms with Gasteiger partial charge in [0.05, 0.1) is 19.8 Å². The van der Waals surface area contributed by atoms with Crippen molar-refractivity contribution in [1.82, 2.24) is 5.32 Å². The number of Topliss-reactive ketones (excluding diaryl/α,β-unsaturated/α-hetero) is 1. The molecule has 0 spiro atoms. The summed E-state index contributed by atoms with van der Waals surface area (Å²) >= 11 is 1.65. The van der Waals surface area contributed by atoms with E-state index in [1.54, 1.807) is 30.8 Å². The summed E-state index contributed by atoms with van der Waals surface area (Å²) in [6, 6.07) is 4.76. The number of nitrogens with one attached hydrogen (secondary N) is 1. The average Bonchev–Trinajstić information content (AvgIpc) is 2.80. The molecule has 0 unspecified atom stereocenters. The van der Waals surface area contributed by atoms with Crippen molar-refractivity contribution in [3.05, 3.63) is 46.3 Å². The zero-order chi connectivity index (χ0) is 25.0. The third-order valence-electron chi connectivity index (χ3n) is 6.16. The molecule has 1 aliphatic carbocycles. The SMILES string of the molecule is CCSCCOC(=O)C1=C(C)NC2=C(C(=O)[C@H](C(=O)OC)[C@@H](C)C2)[C@@H]1c1ccc(OC)c(O)c1. The first-order valence-corrected chi connectivity index (χ1v) is 12.3. The number of carbonyl (C=O) groups is 3. The molecule has 34 heavy (non-hydrogen) atoms. The topological polar surface area (TPSA) is 111 Å². The van der Waals surface area contributed by atoms with Gasteiger partial charge in [0, 0.05) is 28.6 Å². The Morgan fingerprint density at radius 3 is 2.62 bits per heavy atom. The van der Waals surface area contributed by atoms with Crippen LogP contribution >= 0.6 is 11.8 Å². The van der Waals surface area contributed by atoms with Gasteiger partial charge in [-0.05, 0) is 42.7 Å². The molecule has 3 rings (SSSR count). The van der Waals surface area contributed by atoms with Crippen LogP contribution in [0.5, 0.6) is 11.5 Å². The molecule has 1 aromatic rings. The number of hydrogen-bond acceptors (Lipinski definition) is 9. The van der Waals surface area contributed by atoms with Crippen molar-refractivity contribution in [2.45, 2.75) is 33.1 Å². The smallest absolute Gasteiger partial charge is 0.336 e. The second-order valence-electron chi connectivity index (χ2n) is 8.30. The van der Waals surface area contributed by atoms with E-state index in [0.29, 0.717) is 34.7 Å². The predicted octanol–water partition coefficient (Wildman–Crippen LogP) is 3.31. The van der Waals surface area contributed by atoms with Crippen molar-refractivity contribution in [3.63, 3.8) is 0 Å². The molecule has 0 amide bonds. The van der Waals surface area contributed by atoms with Crippen LogP contribution in [0.4, 0.5) is 0 Å². The van der Waals surface area contributed by atoms with Gasteiger partial charge in [0.2, 0.25) is 0 Å². The fraction of sp³-hybridized carbons (Fsp3) is 0.480. The number of esters is 2. The quantitative estimate of drug-likeness (QED) is 0.323. The van der Waals surface area contributed by atoms with Crippen LogP contribution in [0.1, 0.15) is 38.7 Å². The first-order chi connectivity index (χ1) is 16.2. The number of ketones is 1. The number of aromatic hydroxyl groups is 1. The second kappa shape index (κ2) is 11.0. The van der Waals surface area contributed by atoms with Crippen molar-refractivity contribution in [2.75, 3.05) is 32.3 Å². The summed E-state index contributed by atoms with van der Waals surface area (Å²) in [7, 11) is 2.69. The van der Waals surface area contributed by atoms with Gasteiger partial charge in [-0.25, -0.2) is 4.79 Å². The summed E-state index contributed by atoms with van der Waals surface area (Å²) < 4.78 is 15.6. The van der Waals surface area contributed by atoms with E-state index in [1.807, 2.05) is 13.8 Å².